The summed E-state index contributed by atoms with van der Waals surface area (Å²) >= 11 is 5.74. The van der Waals surface area contributed by atoms with Crippen LogP contribution in [0.3, 0.4) is 0 Å². The van der Waals surface area contributed by atoms with Crippen LogP contribution in [-0.2, 0) is 4.79 Å². The molecule has 1 amide bonds. The minimum atomic E-state index is -1.28. The SMILES string of the molecule is CC(NC(=O)c1c(O)c2ccc(Cl)cc2oc1=O)C(=O)O. The predicted octanol–water partition coefficient (Wildman–Crippen LogP) is 1.35. The summed E-state index contributed by atoms with van der Waals surface area (Å²) in [6, 6.07) is 2.93. The van der Waals surface area contributed by atoms with E-state index in [1.165, 1.54) is 25.1 Å². The number of rotatable bonds is 3. The number of carbonyl (C=O) groups excluding carboxylic acids is 1. The number of fused-ring (bicyclic) bond motifs is 1. The summed E-state index contributed by atoms with van der Waals surface area (Å²) in [7, 11) is 0. The Labute approximate surface area is 122 Å². The number of amides is 1. The molecule has 2 aromatic rings. The first-order valence-electron chi connectivity index (χ1n) is 5.80. The van der Waals surface area contributed by atoms with Gasteiger partial charge < -0.3 is 19.9 Å². The number of carboxylic acids is 1. The number of aliphatic carboxylic acids is 1. The Bertz CT molecular complexity index is 797. The highest BCUT2D eigenvalue weighted by Crippen LogP contribution is 2.28. The molecule has 0 radical (unpaired) electrons. The molecule has 110 valence electrons. The Kier molecular flexibility index (Phi) is 3.86. The third-order valence-corrected chi connectivity index (χ3v) is 3.02. The molecule has 1 unspecified atom stereocenters. The molecule has 0 spiro atoms. The van der Waals surface area contributed by atoms with Crippen molar-refractivity contribution < 1.29 is 24.2 Å². The first kappa shape index (κ1) is 14.9. The zero-order valence-electron chi connectivity index (χ0n) is 10.7. The number of hydrogen-bond donors (Lipinski definition) is 3. The molecule has 2 rings (SSSR count). The Morgan fingerprint density at radius 3 is 2.67 bits per heavy atom. The van der Waals surface area contributed by atoms with Gasteiger partial charge in [-0.25, -0.2) is 4.79 Å². The van der Waals surface area contributed by atoms with E-state index in [9.17, 15) is 19.5 Å². The second-order valence-corrected chi connectivity index (χ2v) is 4.72. The molecule has 0 saturated heterocycles. The van der Waals surface area contributed by atoms with Crippen LogP contribution in [0.4, 0.5) is 0 Å². The summed E-state index contributed by atoms with van der Waals surface area (Å²) in [5.74, 6) is -2.90. The summed E-state index contributed by atoms with van der Waals surface area (Å²) in [5, 5.41) is 21.2. The average Bonchev–Trinajstić information content (AvgIpc) is 2.37. The second kappa shape index (κ2) is 5.45. The number of hydrogen-bond acceptors (Lipinski definition) is 5. The van der Waals surface area contributed by atoms with Crippen molar-refractivity contribution in [3.63, 3.8) is 0 Å². The number of carboxylic acid groups (broad SMARTS) is 1. The van der Waals surface area contributed by atoms with Gasteiger partial charge >= 0.3 is 11.6 Å². The molecule has 3 N–H and O–H groups in total. The molecule has 7 nitrogen and oxygen atoms in total. The van der Waals surface area contributed by atoms with E-state index < -0.39 is 34.9 Å². The lowest BCUT2D eigenvalue weighted by Gasteiger charge is -2.10. The van der Waals surface area contributed by atoms with E-state index in [1.54, 1.807) is 0 Å². The third-order valence-electron chi connectivity index (χ3n) is 2.79. The van der Waals surface area contributed by atoms with E-state index in [1.807, 2.05) is 0 Å². The van der Waals surface area contributed by atoms with Gasteiger partial charge in [-0.15, -0.1) is 0 Å². The summed E-state index contributed by atoms with van der Waals surface area (Å²) in [4.78, 5) is 34.4. The average molecular weight is 312 g/mol. The van der Waals surface area contributed by atoms with Crippen LogP contribution in [-0.4, -0.2) is 28.1 Å². The number of carbonyl (C=O) groups is 2. The van der Waals surface area contributed by atoms with Gasteiger partial charge in [0.15, 0.2) is 5.56 Å². The van der Waals surface area contributed by atoms with Crippen molar-refractivity contribution in [3.8, 4) is 5.75 Å². The van der Waals surface area contributed by atoms with Crippen molar-refractivity contribution in [1.29, 1.82) is 0 Å². The molecule has 1 atom stereocenters. The van der Waals surface area contributed by atoms with Crippen molar-refractivity contribution in [2.24, 2.45) is 0 Å². The molecule has 1 aromatic heterocycles. The van der Waals surface area contributed by atoms with Crippen LogP contribution in [0.1, 0.15) is 17.3 Å². The maximum atomic E-state index is 11.9. The molecular weight excluding hydrogens is 302 g/mol. The topological polar surface area (TPSA) is 117 Å². The number of benzene rings is 1. The van der Waals surface area contributed by atoms with Crippen LogP contribution >= 0.6 is 11.6 Å². The lowest BCUT2D eigenvalue weighted by atomic mass is 10.1. The Morgan fingerprint density at radius 1 is 1.38 bits per heavy atom. The second-order valence-electron chi connectivity index (χ2n) is 4.29. The summed E-state index contributed by atoms with van der Waals surface area (Å²) in [5.41, 5.74) is -1.72. The highest BCUT2D eigenvalue weighted by Gasteiger charge is 2.24. The summed E-state index contributed by atoms with van der Waals surface area (Å²) < 4.78 is 4.91. The molecule has 0 aliphatic carbocycles. The van der Waals surface area contributed by atoms with Gasteiger partial charge in [-0.3, -0.25) is 9.59 Å². The molecule has 0 fully saturated rings. The van der Waals surface area contributed by atoms with Crippen molar-refractivity contribution >= 4 is 34.4 Å². The molecule has 0 aliphatic rings. The molecule has 1 aromatic carbocycles. The monoisotopic (exact) mass is 311 g/mol. The molecule has 0 saturated carbocycles. The van der Waals surface area contributed by atoms with Gasteiger partial charge in [0, 0.05) is 11.1 Å². The zero-order valence-corrected chi connectivity index (χ0v) is 11.5. The normalized spacial score (nSPS) is 12.1. The maximum Gasteiger partial charge on any atom is 0.353 e. The fraction of sp³-hybridized carbons (Fsp3) is 0.154. The van der Waals surface area contributed by atoms with Gasteiger partial charge in [-0.05, 0) is 19.1 Å². The molecule has 1 heterocycles. The quantitative estimate of drug-likeness (QED) is 0.737. The first-order chi connectivity index (χ1) is 9.81. The van der Waals surface area contributed by atoms with Gasteiger partial charge in [0.1, 0.15) is 17.4 Å². The fourth-order valence-electron chi connectivity index (χ4n) is 1.69. The number of nitrogens with one attached hydrogen (secondary N) is 1. The van der Waals surface area contributed by atoms with Crippen LogP contribution in [0, 0.1) is 0 Å². The van der Waals surface area contributed by atoms with Gasteiger partial charge in [0.05, 0.1) is 5.39 Å². The van der Waals surface area contributed by atoms with Crippen molar-refractivity contribution in [2.75, 3.05) is 0 Å². The lowest BCUT2D eigenvalue weighted by molar-refractivity contribution is -0.138. The van der Waals surface area contributed by atoms with Gasteiger partial charge in [0.25, 0.3) is 5.91 Å². The maximum absolute atomic E-state index is 11.9. The number of aromatic hydroxyl groups is 1. The van der Waals surface area contributed by atoms with Crippen LogP contribution < -0.4 is 10.9 Å². The van der Waals surface area contributed by atoms with E-state index in [0.717, 1.165) is 0 Å². The highest BCUT2D eigenvalue weighted by molar-refractivity contribution is 6.31. The Morgan fingerprint density at radius 2 is 2.05 bits per heavy atom. The van der Waals surface area contributed by atoms with E-state index in [2.05, 4.69) is 5.32 Å². The van der Waals surface area contributed by atoms with Crippen LogP contribution in [0.5, 0.6) is 5.75 Å². The summed E-state index contributed by atoms with van der Waals surface area (Å²) in [6.07, 6.45) is 0. The third kappa shape index (κ3) is 2.82. The Balaban J connectivity index is 2.54. The standard InChI is InChI=1S/C13H10ClNO6/c1-5(12(18)19)15-11(17)9-10(16)7-3-2-6(14)4-8(7)21-13(9)20/h2-5,16H,1H3,(H,15,17)(H,18,19). The van der Waals surface area contributed by atoms with Gasteiger partial charge in [-0.2, -0.15) is 0 Å². The van der Waals surface area contributed by atoms with Crippen LogP contribution in [0.25, 0.3) is 11.0 Å². The molecule has 0 bridgehead atoms. The van der Waals surface area contributed by atoms with Crippen LogP contribution in [0.2, 0.25) is 5.02 Å². The minimum absolute atomic E-state index is 0.0211. The van der Waals surface area contributed by atoms with E-state index in [-0.39, 0.29) is 11.0 Å². The Hall–Kier alpha value is -2.54. The molecular formula is C13H10ClNO6. The lowest BCUT2D eigenvalue weighted by Crippen LogP contribution is -2.40. The fourth-order valence-corrected chi connectivity index (χ4v) is 1.85. The van der Waals surface area contributed by atoms with E-state index >= 15 is 0 Å². The highest BCUT2D eigenvalue weighted by atomic mass is 35.5. The first-order valence-corrected chi connectivity index (χ1v) is 6.18. The molecule has 0 aliphatic heterocycles. The van der Waals surface area contributed by atoms with Crippen LogP contribution in [0.15, 0.2) is 27.4 Å². The smallest absolute Gasteiger partial charge is 0.353 e. The largest absolute Gasteiger partial charge is 0.506 e. The predicted molar refractivity (Wildman–Crippen MR) is 73.7 cm³/mol. The molecule has 8 heteroatoms. The summed E-state index contributed by atoms with van der Waals surface area (Å²) in [6.45, 7) is 1.22. The van der Waals surface area contributed by atoms with Gasteiger partial charge in [0.2, 0.25) is 0 Å². The minimum Gasteiger partial charge on any atom is -0.506 e. The number of halogens is 1. The van der Waals surface area contributed by atoms with E-state index in [0.29, 0.717) is 5.02 Å². The van der Waals surface area contributed by atoms with E-state index in [4.69, 9.17) is 21.1 Å². The molecule has 21 heavy (non-hydrogen) atoms. The van der Waals surface area contributed by atoms with Crippen molar-refractivity contribution in [2.45, 2.75) is 13.0 Å². The van der Waals surface area contributed by atoms with Crippen molar-refractivity contribution in [3.05, 3.63) is 39.2 Å². The van der Waals surface area contributed by atoms with Crippen molar-refractivity contribution in [1.82, 2.24) is 5.32 Å². The zero-order chi connectivity index (χ0) is 15.7. The van der Waals surface area contributed by atoms with Gasteiger partial charge in [-0.1, -0.05) is 11.6 Å².